The highest BCUT2D eigenvalue weighted by molar-refractivity contribution is 4.89. The summed E-state index contributed by atoms with van der Waals surface area (Å²) in [6.45, 7) is 3.08. The van der Waals surface area contributed by atoms with Crippen molar-refractivity contribution in [2.45, 2.75) is 25.9 Å². The maximum absolute atomic E-state index is 5.54. The van der Waals surface area contributed by atoms with Crippen molar-refractivity contribution < 1.29 is 4.74 Å². The van der Waals surface area contributed by atoms with E-state index in [9.17, 15) is 0 Å². The van der Waals surface area contributed by atoms with E-state index in [1.807, 2.05) is 13.2 Å². The van der Waals surface area contributed by atoms with E-state index in [2.05, 4.69) is 13.0 Å². The van der Waals surface area contributed by atoms with Crippen molar-refractivity contribution in [2.75, 3.05) is 13.7 Å². The normalized spacial score (nSPS) is 26.4. The van der Waals surface area contributed by atoms with E-state index < -0.39 is 0 Å². The molecule has 1 aliphatic heterocycles. The molecule has 3 nitrogen and oxygen atoms in total. The van der Waals surface area contributed by atoms with Gasteiger partial charge in [0.15, 0.2) is 0 Å². The van der Waals surface area contributed by atoms with Crippen molar-refractivity contribution in [3.63, 3.8) is 0 Å². The first kappa shape index (κ1) is 9.55. The highest BCUT2D eigenvalue weighted by atomic mass is 16.5. The third kappa shape index (κ3) is 2.83. The molecule has 0 aromatic carbocycles. The largest absolute Gasteiger partial charge is 0.378 e. The number of hydrazine groups is 1. The van der Waals surface area contributed by atoms with Gasteiger partial charge in [-0.15, -0.1) is 0 Å². The summed E-state index contributed by atoms with van der Waals surface area (Å²) in [5, 5.41) is 1.56. The van der Waals surface area contributed by atoms with Crippen molar-refractivity contribution in [2.24, 2.45) is 11.8 Å². The minimum absolute atomic E-state index is 0.404. The summed E-state index contributed by atoms with van der Waals surface area (Å²) in [6.07, 6.45) is 6.75. The van der Waals surface area contributed by atoms with Crippen LogP contribution in [0.3, 0.4) is 0 Å². The zero-order valence-corrected chi connectivity index (χ0v) is 7.86. The molecule has 12 heavy (non-hydrogen) atoms. The molecular weight excluding hydrogens is 152 g/mol. The van der Waals surface area contributed by atoms with Crippen LogP contribution in [0.5, 0.6) is 0 Å². The Morgan fingerprint density at radius 3 is 2.92 bits per heavy atom. The minimum Gasteiger partial charge on any atom is -0.378 e. The van der Waals surface area contributed by atoms with E-state index in [0.717, 1.165) is 6.61 Å². The Balaban J connectivity index is 2.31. The van der Waals surface area contributed by atoms with Gasteiger partial charge >= 0.3 is 0 Å². The van der Waals surface area contributed by atoms with Crippen LogP contribution in [0.4, 0.5) is 0 Å². The highest BCUT2D eigenvalue weighted by Crippen LogP contribution is 2.20. The third-order valence-electron chi connectivity index (χ3n) is 2.18. The molecule has 0 radical (unpaired) electrons. The lowest BCUT2D eigenvalue weighted by Gasteiger charge is -2.15. The average molecular weight is 170 g/mol. The lowest BCUT2D eigenvalue weighted by molar-refractivity contribution is 0.0842. The minimum atomic E-state index is 0.404. The number of nitrogens with zero attached hydrogens (tertiary/aromatic N) is 1. The molecule has 2 N–H and O–H groups in total. The molecule has 0 spiro atoms. The second-order valence-electron chi connectivity index (χ2n) is 3.42. The van der Waals surface area contributed by atoms with Crippen molar-refractivity contribution >= 4 is 0 Å². The average Bonchev–Trinajstić information content (AvgIpc) is 2.51. The summed E-state index contributed by atoms with van der Waals surface area (Å²) in [5.74, 6) is 5.92. The van der Waals surface area contributed by atoms with Gasteiger partial charge in [0.1, 0.15) is 0 Å². The van der Waals surface area contributed by atoms with E-state index in [-0.39, 0.29) is 0 Å². The van der Waals surface area contributed by atoms with Gasteiger partial charge < -0.3 is 9.75 Å². The quantitative estimate of drug-likeness (QED) is 0.509. The Morgan fingerprint density at radius 2 is 2.42 bits per heavy atom. The van der Waals surface area contributed by atoms with Gasteiger partial charge in [-0.1, -0.05) is 13.0 Å². The van der Waals surface area contributed by atoms with Crippen LogP contribution in [0.1, 0.15) is 19.8 Å². The molecular formula is C9H18N2O. The first-order valence-electron chi connectivity index (χ1n) is 4.47. The van der Waals surface area contributed by atoms with Gasteiger partial charge in [0.2, 0.25) is 0 Å². The number of hydrogen-bond donors (Lipinski definition) is 1. The predicted octanol–water partition coefficient (Wildman–Crippen LogP) is 1.12. The molecule has 3 heteroatoms. The summed E-state index contributed by atoms with van der Waals surface area (Å²) >= 11 is 0. The topological polar surface area (TPSA) is 38.5 Å². The molecule has 0 aliphatic carbocycles. The Hall–Kier alpha value is -0.540. The first-order chi connectivity index (χ1) is 5.70. The molecule has 0 aromatic heterocycles. The van der Waals surface area contributed by atoms with Crippen LogP contribution in [0.25, 0.3) is 0 Å². The first-order valence-corrected chi connectivity index (χ1v) is 4.47. The third-order valence-corrected chi connectivity index (χ3v) is 2.18. The predicted molar refractivity (Wildman–Crippen MR) is 49.2 cm³/mol. The molecule has 2 unspecified atom stereocenters. The van der Waals surface area contributed by atoms with Crippen LogP contribution in [0.2, 0.25) is 0 Å². The molecule has 0 saturated carbocycles. The highest BCUT2D eigenvalue weighted by Gasteiger charge is 2.19. The smallest absolute Gasteiger partial charge is 0.0636 e. The molecule has 0 bridgehead atoms. The molecule has 1 aliphatic rings. The zero-order valence-electron chi connectivity index (χ0n) is 7.86. The van der Waals surface area contributed by atoms with Crippen LogP contribution in [0.15, 0.2) is 12.3 Å². The van der Waals surface area contributed by atoms with Crippen molar-refractivity contribution in [3.8, 4) is 0 Å². The van der Waals surface area contributed by atoms with Crippen LogP contribution in [-0.2, 0) is 4.74 Å². The van der Waals surface area contributed by atoms with Crippen molar-refractivity contribution in [3.05, 3.63) is 12.3 Å². The molecule has 2 atom stereocenters. The lowest BCUT2D eigenvalue weighted by Crippen LogP contribution is -2.20. The number of rotatable bonds is 3. The van der Waals surface area contributed by atoms with Gasteiger partial charge in [-0.2, -0.15) is 0 Å². The summed E-state index contributed by atoms with van der Waals surface area (Å²) in [6, 6.07) is 0. The summed E-state index contributed by atoms with van der Waals surface area (Å²) in [5.41, 5.74) is 0. The number of nitrogens with two attached hydrogens (primary N) is 1. The number of ether oxygens (including phenoxy) is 1. The van der Waals surface area contributed by atoms with E-state index in [4.69, 9.17) is 10.6 Å². The van der Waals surface area contributed by atoms with Gasteiger partial charge in [-0.3, -0.25) is 0 Å². The second kappa shape index (κ2) is 4.48. The lowest BCUT2D eigenvalue weighted by atomic mass is 10.0. The van der Waals surface area contributed by atoms with E-state index >= 15 is 0 Å². The fourth-order valence-electron chi connectivity index (χ4n) is 1.41. The van der Waals surface area contributed by atoms with Crippen LogP contribution in [-0.4, -0.2) is 24.8 Å². The van der Waals surface area contributed by atoms with E-state index in [1.54, 1.807) is 5.01 Å². The number of hydrogen-bond acceptors (Lipinski definition) is 3. The molecule has 1 fully saturated rings. The van der Waals surface area contributed by atoms with Crippen LogP contribution in [0, 0.1) is 5.92 Å². The Kier molecular flexibility index (Phi) is 3.56. The Morgan fingerprint density at radius 1 is 1.67 bits per heavy atom. The maximum atomic E-state index is 5.54. The fourth-order valence-corrected chi connectivity index (χ4v) is 1.41. The van der Waals surface area contributed by atoms with E-state index in [0.29, 0.717) is 12.0 Å². The standard InChI is InChI=1S/C9H18N2O/c1-8(5-6-11(2)10)9-4-3-7-12-9/h5-6,8-9H,3-4,7,10H2,1-2H3/b6-5+. The Labute approximate surface area is 74.1 Å². The Bertz CT molecular complexity index is 151. The molecule has 0 aromatic rings. The molecule has 1 rings (SSSR count). The fraction of sp³-hybridized carbons (Fsp3) is 0.778. The second-order valence-corrected chi connectivity index (χ2v) is 3.42. The van der Waals surface area contributed by atoms with Gasteiger partial charge in [-0.25, -0.2) is 5.84 Å². The molecule has 0 amide bonds. The molecule has 70 valence electrons. The van der Waals surface area contributed by atoms with Crippen molar-refractivity contribution in [1.82, 2.24) is 5.01 Å². The molecule has 1 heterocycles. The van der Waals surface area contributed by atoms with Crippen molar-refractivity contribution in [1.29, 1.82) is 0 Å². The maximum Gasteiger partial charge on any atom is 0.0636 e. The summed E-state index contributed by atoms with van der Waals surface area (Å²) < 4.78 is 5.54. The zero-order chi connectivity index (χ0) is 8.97. The van der Waals surface area contributed by atoms with Crippen LogP contribution < -0.4 is 5.84 Å². The summed E-state index contributed by atoms with van der Waals surface area (Å²) in [4.78, 5) is 0. The SMILES string of the molecule is CC(/C=C/N(C)N)C1CCCO1. The monoisotopic (exact) mass is 170 g/mol. The summed E-state index contributed by atoms with van der Waals surface area (Å²) in [7, 11) is 1.82. The van der Waals surface area contributed by atoms with Crippen LogP contribution >= 0.6 is 0 Å². The van der Waals surface area contributed by atoms with E-state index in [1.165, 1.54) is 12.8 Å². The van der Waals surface area contributed by atoms with Gasteiger partial charge in [0.05, 0.1) is 6.10 Å². The van der Waals surface area contributed by atoms with Gasteiger partial charge in [0.25, 0.3) is 0 Å². The van der Waals surface area contributed by atoms with Gasteiger partial charge in [-0.05, 0) is 12.8 Å². The molecule has 1 saturated heterocycles. The van der Waals surface area contributed by atoms with Gasteiger partial charge in [0, 0.05) is 25.8 Å².